The Kier molecular flexibility index (Phi) is 5.14. The van der Waals surface area contributed by atoms with E-state index in [9.17, 15) is 0 Å². The molecule has 1 aromatic rings. The zero-order valence-electron chi connectivity index (χ0n) is 10.4. The zero-order chi connectivity index (χ0) is 12.3. The van der Waals surface area contributed by atoms with Gasteiger partial charge in [0.25, 0.3) is 0 Å². The van der Waals surface area contributed by atoms with Crippen LogP contribution >= 0.6 is 23.2 Å². The van der Waals surface area contributed by atoms with Gasteiger partial charge in [0.1, 0.15) is 0 Å². The van der Waals surface area contributed by atoms with E-state index >= 15 is 0 Å². The number of hydrogen-bond donors (Lipinski definition) is 0. The Morgan fingerprint density at radius 3 is 2.00 bits per heavy atom. The van der Waals surface area contributed by atoms with Crippen molar-refractivity contribution in [3.05, 3.63) is 33.8 Å². The molecule has 1 aromatic carbocycles. The van der Waals surface area contributed by atoms with Crippen LogP contribution in [0.1, 0.15) is 33.3 Å². The molecular formula is C14H20Cl2. The van der Waals surface area contributed by atoms with E-state index in [1.54, 1.807) is 0 Å². The van der Waals surface area contributed by atoms with Crippen LogP contribution in [0.25, 0.3) is 0 Å². The number of rotatable bonds is 4. The Labute approximate surface area is 109 Å². The molecule has 0 nitrogen and oxygen atoms in total. The molecule has 0 radical (unpaired) electrons. The van der Waals surface area contributed by atoms with Gasteiger partial charge in [-0.2, -0.15) is 0 Å². The van der Waals surface area contributed by atoms with Gasteiger partial charge in [-0.25, -0.2) is 0 Å². The molecular weight excluding hydrogens is 239 g/mol. The maximum absolute atomic E-state index is 6.20. The molecule has 0 saturated carbocycles. The summed E-state index contributed by atoms with van der Waals surface area (Å²) >= 11 is 12.1. The molecule has 0 amide bonds. The van der Waals surface area contributed by atoms with Gasteiger partial charge in [-0.15, -0.1) is 0 Å². The molecule has 0 heterocycles. The van der Waals surface area contributed by atoms with Crippen LogP contribution in [-0.4, -0.2) is 0 Å². The Balaban J connectivity index is 2.85. The van der Waals surface area contributed by atoms with Crippen LogP contribution < -0.4 is 0 Å². The first-order valence-electron chi connectivity index (χ1n) is 5.85. The van der Waals surface area contributed by atoms with Gasteiger partial charge in [-0.1, -0.05) is 57.0 Å². The molecule has 0 atom stereocenters. The molecule has 0 aromatic heterocycles. The van der Waals surface area contributed by atoms with Gasteiger partial charge in [0.2, 0.25) is 0 Å². The third-order valence-electron chi connectivity index (χ3n) is 3.18. The van der Waals surface area contributed by atoms with Crippen LogP contribution in [0.2, 0.25) is 10.0 Å². The van der Waals surface area contributed by atoms with E-state index in [0.29, 0.717) is 22.8 Å². The van der Waals surface area contributed by atoms with Crippen molar-refractivity contribution in [2.24, 2.45) is 17.8 Å². The largest absolute Gasteiger partial charge is 0.0843 e. The van der Waals surface area contributed by atoms with Crippen molar-refractivity contribution < 1.29 is 0 Å². The maximum Gasteiger partial charge on any atom is 0.0452 e. The molecule has 0 saturated heterocycles. The molecule has 2 heteroatoms. The SMILES string of the molecule is CC(C)C(Cc1ccc(Cl)cc1Cl)C(C)C. The van der Waals surface area contributed by atoms with Crippen LogP contribution in [0.3, 0.4) is 0 Å². The monoisotopic (exact) mass is 258 g/mol. The molecule has 0 N–H and O–H groups in total. The average molecular weight is 259 g/mol. The van der Waals surface area contributed by atoms with Gasteiger partial charge < -0.3 is 0 Å². The molecule has 0 aliphatic rings. The summed E-state index contributed by atoms with van der Waals surface area (Å²) in [5.74, 6) is 2.01. The van der Waals surface area contributed by atoms with Crippen LogP contribution in [0.4, 0.5) is 0 Å². The standard InChI is InChI=1S/C14H20Cl2/c1-9(2)13(10(3)4)7-11-5-6-12(15)8-14(11)16/h5-6,8-10,13H,7H2,1-4H3. The minimum atomic E-state index is 0.665. The lowest BCUT2D eigenvalue weighted by Crippen LogP contribution is -2.18. The highest BCUT2D eigenvalue weighted by atomic mass is 35.5. The van der Waals surface area contributed by atoms with E-state index in [2.05, 4.69) is 27.7 Å². The predicted octanol–water partition coefficient (Wildman–Crippen LogP) is 5.46. The molecule has 0 aliphatic carbocycles. The topological polar surface area (TPSA) is 0 Å². The normalized spacial score (nSPS) is 11.8. The van der Waals surface area contributed by atoms with E-state index in [1.165, 1.54) is 5.56 Å². The first-order valence-corrected chi connectivity index (χ1v) is 6.61. The van der Waals surface area contributed by atoms with Crippen molar-refractivity contribution in [1.82, 2.24) is 0 Å². The molecule has 0 fully saturated rings. The summed E-state index contributed by atoms with van der Waals surface area (Å²) in [7, 11) is 0. The summed E-state index contributed by atoms with van der Waals surface area (Å²) in [5.41, 5.74) is 1.21. The summed E-state index contributed by atoms with van der Waals surface area (Å²) in [6.45, 7) is 9.09. The summed E-state index contributed by atoms with van der Waals surface area (Å²) in [5, 5.41) is 1.50. The Morgan fingerprint density at radius 1 is 1.00 bits per heavy atom. The van der Waals surface area contributed by atoms with Gasteiger partial charge in [-0.05, 0) is 41.9 Å². The lowest BCUT2D eigenvalue weighted by atomic mass is 9.81. The van der Waals surface area contributed by atoms with Crippen LogP contribution in [0.5, 0.6) is 0 Å². The second-order valence-electron chi connectivity index (χ2n) is 5.09. The van der Waals surface area contributed by atoms with E-state index in [0.717, 1.165) is 11.4 Å². The fraction of sp³-hybridized carbons (Fsp3) is 0.571. The summed E-state index contributed by atoms with van der Waals surface area (Å²) in [4.78, 5) is 0. The zero-order valence-corrected chi connectivity index (χ0v) is 11.9. The highest BCUT2D eigenvalue weighted by molar-refractivity contribution is 6.35. The molecule has 90 valence electrons. The lowest BCUT2D eigenvalue weighted by Gasteiger charge is -2.25. The van der Waals surface area contributed by atoms with Crippen molar-refractivity contribution >= 4 is 23.2 Å². The summed E-state index contributed by atoms with van der Waals surface area (Å²) < 4.78 is 0. The number of benzene rings is 1. The van der Waals surface area contributed by atoms with Crippen molar-refractivity contribution in [2.75, 3.05) is 0 Å². The molecule has 16 heavy (non-hydrogen) atoms. The van der Waals surface area contributed by atoms with E-state index in [1.807, 2.05) is 18.2 Å². The van der Waals surface area contributed by atoms with Crippen molar-refractivity contribution in [3.8, 4) is 0 Å². The quantitative estimate of drug-likeness (QED) is 0.673. The third-order valence-corrected chi connectivity index (χ3v) is 3.77. The van der Waals surface area contributed by atoms with E-state index in [-0.39, 0.29) is 0 Å². The Bertz CT molecular complexity index is 335. The fourth-order valence-corrected chi connectivity index (χ4v) is 2.67. The van der Waals surface area contributed by atoms with Gasteiger partial charge in [0.15, 0.2) is 0 Å². The van der Waals surface area contributed by atoms with Crippen molar-refractivity contribution in [3.63, 3.8) is 0 Å². The number of hydrogen-bond acceptors (Lipinski definition) is 0. The fourth-order valence-electron chi connectivity index (χ4n) is 2.18. The van der Waals surface area contributed by atoms with E-state index < -0.39 is 0 Å². The van der Waals surface area contributed by atoms with Crippen LogP contribution in [0, 0.1) is 17.8 Å². The third kappa shape index (κ3) is 3.68. The van der Waals surface area contributed by atoms with Gasteiger partial charge in [0, 0.05) is 10.0 Å². The van der Waals surface area contributed by atoms with Gasteiger partial charge in [0.05, 0.1) is 0 Å². The van der Waals surface area contributed by atoms with Gasteiger partial charge in [-0.3, -0.25) is 0 Å². The smallest absolute Gasteiger partial charge is 0.0452 e. The van der Waals surface area contributed by atoms with Gasteiger partial charge >= 0.3 is 0 Å². The Hall–Kier alpha value is -0.200. The molecule has 1 rings (SSSR count). The minimum Gasteiger partial charge on any atom is -0.0843 e. The Morgan fingerprint density at radius 2 is 1.56 bits per heavy atom. The van der Waals surface area contributed by atoms with Crippen molar-refractivity contribution in [2.45, 2.75) is 34.1 Å². The lowest BCUT2D eigenvalue weighted by molar-refractivity contribution is 0.286. The van der Waals surface area contributed by atoms with Crippen LogP contribution in [0.15, 0.2) is 18.2 Å². The second kappa shape index (κ2) is 5.93. The van der Waals surface area contributed by atoms with E-state index in [4.69, 9.17) is 23.2 Å². The summed E-state index contributed by atoms with van der Waals surface area (Å²) in [6.07, 6.45) is 1.03. The number of halogens is 2. The van der Waals surface area contributed by atoms with Crippen LogP contribution in [-0.2, 0) is 6.42 Å². The molecule has 0 spiro atoms. The molecule has 0 unspecified atom stereocenters. The minimum absolute atomic E-state index is 0.665. The maximum atomic E-state index is 6.20. The highest BCUT2D eigenvalue weighted by Gasteiger charge is 2.19. The first kappa shape index (κ1) is 13.9. The first-order chi connectivity index (χ1) is 7.41. The molecule has 0 bridgehead atoms. The van der Waals surface area contributed by atoms with Crippen molar-refractivity contribution in [1.29, 1.82) is 0 Å². The second-order valence-corrected chi connectivity index (χ2v) is 5.94. The molecule has 0 aliphatic heterocycles. The predicted molar refractivity (Wildman–Crippen MR) is 73.3 cm³/mol. The summed E-state index contributed by atoms with van der Waals surface area (Å²) in [6, 6.07) is 5.79. The highest BCUT2D eigenvalue weighted by Crippen LogP contribution is 2.29. The average Bonchev–Trinajstić information content (AvgIpc) is 2.15.